The molecule has 0 radical (unpaired) electrons. The molecular weight excluding hydrogens is 386 g/mol. The van der Waals surface area contributed by atoms with E-state index < -0.39 is 17.4 Å². The standard InChI is InChI=1S/C21H19N5O4/c27-17-13-3-1-2-4-14(13)18(28)26(17)20-22-15-16(23-20)24(9-11-5-6-11)21(30)25(19(15)29)10-12-7-8-12/h1-4,11-12H,5-10H2,(H,22,23). The normalized spacial score (nSPS) is 18.5. The second-order valence-corrected chi connectivity index (χ2v) is 8.45. The lowest BCUT2D eigenvalue weighted by molar-refractivity contribution is 0.0924. The third kappa shape index (κ3) is 2.51. The van der Waals surface area contributed by atoms with Gasteiger partial charge >= 0.3 is 5.69 Å². The Morgan fingerprint density at radius 1 is 0.867 bits per heavy atom. The summed E-state index contributed by atoms with van der Waals surface area (Å²) in [6.45, 7) is 0.867. The molecule has 2 amide bonds. The molecule has 30 heavy (non-hydrogen) atoms. The molecule has 0 atom stereocenters. The van der Waals surface area contributed by atoms with Crippen molar-refractivity contribution >= 4 is 28.9 Å². The van der Waals surface area contributed by atoms with Crippen LogP contribution in [0.25, 0.3) is 11.2 Å². The second kappa shape index (κ2) is 6.01. The summed E-state index contributed by atoms with van der Waals surface area (Å²) in [6.07, 6.45) is 4.09. The number of imidazole rings is 1. The third-order valence-electron chi connectivity index (χ3n) is 6.13. The van der Waals surface area contributed by atoms with Crippen molar-refractivity contribution in [1.29, 1.82) is 0 Å². The maximum absolute atomic E-state index is 13.1. The topological polar surface area (TPSA) is 110 Å². The van der Waals surface area contributed by atoms with Gasteiger partial charge in [-0.2, -0.15) is 4.98 Å². The van der Waals surface area contributed by atoms with Crippen molar-refractivity contribution in [3.63, 3.8) is 0 Å². The van der Waals surface area contributed by atoms with Gasteiger partial charge in [0, 0.05) is 13.1 Å². The minimum Gasteiger partial charge on any atom is -0.317 e. The molecule has 0 spiro atoms. The Labute approximate surface area is 169 Å². The van der Waals surface area contributed by atoms with Gasteiger partial charge in [-0.05, 0) is 49.7 Å². The first kappa shape index (κ1) is 17.4. The minimum atomic E-state index is -0.496. The number of nitrogens with one attached hydrogen (secondary N) is 1. The van der Waals surface area contributed by atoms with Gasteiger partial charge < -0.3 is 4.98 Å². The summed E-state index contributed by atoms with van der Waals surface area (Å²) < 4.78 is 2.79. The van der Waals surface area contributed by atoms with Crippen LogP contribution in [0.3, 0.4) is 0 Å². The molecular formula is C21H19N5O4. The molecule has 2 fully saturated rings. The molecule has 2 aliphatic carbocycles. The van der Waals surface area contributed by atoms with E-state index in [4.69, 9.17) is 0 Å². The molecule has 1 aromatic carbocycles. The number of H-pyrrole nitrogens is 1. The van der Waals surface area contributed by atoms with E-state index in [1.807, 2.05) is 0 Å². The van der Waals surface area contributed by atoms with Gasteiger partial charge in [0.25, 0.3) is 17.4 Å². The summed E-state index contributed by atoms with van der Waals surface area (Å²) in [5.74, 6) is -0.285. The predicted octanol–water partition coefficient (Wildman–Crippen LogP) is 1.51. The summed E-state index contributed by atoms with van der Waals surface area (Å²) in [6, 6.07) is 6.56. The van der Waals surface area contributed by atoms with Crippen molar-refractivity contribution in [2.75, 3.05) is 4.90 Å². The molecule has 1 N–H and O–H groups in total. The summed E-state index contributed by atoms with van der Waals surface area (Å²) in [4.78, 5) is 60.0. The zero-order chi connectivity index (χ0) is 20.6. The van der Waals surface area contributed by atoms with Crippen LogP contribution in [0.1, 0.15) is 46.4 Å². The van der Waals surface area contributed by atoms with Gasteiger partial charge in [-0.3, -0.25) is 23.5 Å². The van der Waals surface area contributed by atoms with E-state index in [9.17, 15) is 19.2 Å². The molecule has 0 saturated heterocycles. The second-order valence-electron chi connectivity index (χ2n) is 8.45. The Hall–Kier alpha value is -3.49. The van der Waals surface area contributed by atoms with E-state index >= 15 is 0 Å². The highest BCUT2D eigenvalue weighted by molar-refractivity contribution is 6.34. The molecule has 152 valence electrons. The maximum atomic E-state index is 13.1. The number of rotatable bonds is 5. The molecule has 2 saturated carbocycles. The lowest BCUT2D eigenvalue weighted by Crippen LogP contribution is -2.41. The van der Waals surface area contributed by atoms with Crippen molar-refractivity contribution in [3.8, 4) is 0 Å². The van der Waals surface area contributed by atoms with Crippen LogP contribution in [-0.2, 0) is 13.1 Å². The molecule has 2 aromatic heterocycles. The number of hydrogen-bond acceptors (Lipinski definition) is 5. The Balaban J connectivity index is 1.53. The number of nitrogens with zero attached hydrogens (tertiary/aromatic N) is 4. The van der Waals surface area contributed by atoms with Crippen molar-refractivity contribution in [3.05, 3.63) is 56.2 Å². The van der Waals surface area contributed by atoms with E-state index in [1.54, 1.807) is 24.3 Å². The molecule has 9 nitrogen and oxygen atoms in total. The molecule has 0 unspecified atom stereocenters. The van der Waals surface area contributed by atoms with E-state index in [-0.39, 0.29) is 22.8 Å². The fourth-order valence-corrected chi connectivity index (χ4v) is 4.08. The van der Waals surface area contributed by atoms with Crippen LogP contribution in [0.15, 0.2) is 33.9 Å². The van der Waals surface area contributed by atoms with Crippen LogP contribution in [0.4, 0.5) is 5.95 Å². The van der Waals surface area contributed by atoms with E-state index in [0.717, 1.165) is 30.6 Å². The number of imide groups is 1. The largest absolute Gasteiger partial charge is 0.332 e. The number of anilines is 1. The van der Waals surface area contributed by atoms with Crippen LogP contribution < -0.4 is 16.1 Å². The van der Waals surface area contributed by atoms with Gasteiger partial charge in [0.1, 0.15) is 0 Å². The summed E-state index contributed by atoms with van der Waals surface area (Å²) in [7, 11) is 0. The first-order valence-corrected chi connectivity index (χ1v) is 10.2. The lowest BCUT2D eigenvalue weighted by atomic mass is 10.1. The van der Waals surface area contributed by atoms with Crippen molar-refractivity contribution in [1.82, 2.24) is 19.1 Å². The van der Waals surface area contributed by atoms with Gasteiger partial charge in [-0.15, -0.1) is 0 Å². The fraction of sp³-hybridized carbons (Fsp3) is 0.381. The van der Waals surface area contributed by atoms with Gasteiger partial charge in [0.2, 0.25) is 5.95 Å². The molecule has 1 aliphatic heterocycles. The minimum absolute atomic E-state index is 0.0265. The lowest BCUT2D eigenvalue weighted by Gasteiger charge is -2.10. The number of fused-ring (bicyclic) bond motifs is 2. The highest BCUT2D eigenvalue weighted by atomic mass is 16.2. The number of hydrogen-bond donors (Lipinski definition) is 1. The van der Waals surface area contributed by atoms with Crippen LogP contribution >= 0.6 is 0 Å². The number of carbonyl (C=O) groups is 2. The fourth-order valence-electron chi connectivity index (χ4n) is 4.08. The van der Waals surface area contributed by atoms with E-state index in [2.05, 4.69) is 9.97 Å². The first-order chi connectivity index (χ1) is 14.5. The summed E-state index contributed by atoms with van der Waals surface area (Å²) in [5, 5.41) is 0. The number of amides is 2. The number of aromatic amines is 1. The average Bonchev–Trinajstić information content (AvgIpc) is 3.67. The Kier molecular flexibility index (Phi) is 3.48. The zero-order valence-corrected chi connectivity index (χ0v) is 16.1. The quantitative estimate of drug-likeness (QED) is 0.647. The molecule has 9 heteroatoms. The van der Waals surface area contributed by atoms with Crippen LogP contribution in [0, 0.1) is 11.8 Å². The summed E-state index contributed by atoms with van der Waals surface area (Å²) in [5.41, 5.74) is 0.128. The number of carbonyl (C=O) groups excluding carboxylic acids is 2. The smallest absolute Gasteiger partial charge is 0.317 e. The molecule has 0 bridgehead atoms. The van der Waals surface area contributed by atoms with Crippen LogP contribution in [0.2, 0.25) is 0 Å². The Bertz CT molecular complexity index is 1320. The van der Waals surface area contributed by atoms with Gasteiger partial charge in [-0.1, -0.05) is 12.1 Å². The average molecular weight is 405 g/mol. The Morgan fingerprint density at radius 3 is 2.00 bits per heavy atom. The molecule has 3 aliphatic rings. The van der Waals surface area contributed by atoms with Crippen molar-refractivity contribution in [2.45, 2.75) is 38.8 Å². The van der Waals surface area contributed by atoms with Gasteiger partial charge in [0.05, 0.1) is 11.1 Å². The highest BCUT2D eigenvalue weighted by Crippen LogP contribution is 2.32. The SMILES string of the molecule is O=C1c2ccccc2C(=O)N1c1nc2c([nH]1)c(=O)n(CC1CC1)c(=O)n2CC1CC1. The third-order valence-corrected chi connectivity index (χ3v) is 6.13. The number of benzene rings is 1. The summed E-state index contributed by atoms with van der Waals surface area (Å²) >= 11 is 0. The predicted molar refractivity (Wildman–Crippen MR) is 108 cm³/mol. The Morgan fingerprint density at radius 2 is 1.43 bits per heavy atom. The van der Waals surface area contributed by atoms with Crippen molar-refractivity contribution in [2.24, 2.45) is 11.8 Å². The van der Waals surface area contributed by atoms with Crippen LogP contribution in [0.5, 0.6) is 0 Å². The molecule has 3 aromatic rings. The monoisotopic (exact) mass is 405 g/mol. The van der Waals surface area contributed by atoms with E-state index in [0.29, 0.717) is 36.1 Å². The van der Waals surface area contributed by atoms with Gasteiger partial charge in [-0.25, -0.2) is 9.69 Å². The molecule has 3 heterocycles. The van der Waals surface area contributed by atoms with Crippen LogP contribution in [-0.4, -0.2) is 30.9 Å². The van der Waals surface area contributed by atoms with E-state index in [1.165, 1.54) is 9.13 Å². The zero-order valence-electron chi connectivity index (χ0n) is 16.1. The molecule has 6 rings (SSSR count). The highest BCUT2D eigenvalue weighted by Gasteiger charge is 2.39. The maximum Gasteiger partial charge on any atom is 0.332 e. The van der Waals surface area contributed by atoms with Gasteiger partial charge in [0.15, 0.2) is 11.2 Å². The first-order valence-electron chi connectivity index (χ1n) is 10.2. The van der Waals surface area contributed by atoms with Crippen molar-refractivity contribution < 1.29 is 9.59 Å². The number of aromatic nitrogens is 4.